The summed E-state index contributed by atoms with van der Waals surface area (Å²) >= 11 is 5.90. The largest absolute Gasteiger partial charge is 0.508 e. The van der Waals surface area contributed by atoms with Crippen molar-refractivity contribution in [3.8, 4) is 5.75 Å². The van der Waals surface area contributed by atoms with Crippen molar-refractivity contribution in [1.29, 1.82) is 0 Å². The van der Waals surface area contributed by atoms with Crippen LogP contribution in [0.1, 0.15) is 42.7 Å². The van der Waals surface area contributed by atoms with E-state index in [0.29, 0.717) is 16.1 Å². The maximum absolute atomic E-state index is 12.9. The second kappa shape index (κ2) is 7.57. The van der Waals surface area contributed by atoms with Gasteiger partial charge in [-0.25, -0.2) is 4.79 Å². The van der Waals surface area contributed by atoms with Crippen LogP contribution < -0.4 is 5.32 Å². The summed E-state index contributed by atoms with van der Waals surface area (Å²) in [6.45, 7) is 5.23. The Bertz CT molecular complexity index is 748. The molecule has 6 heteroatoms. The first-order valence-corrected chi connectivity index (χ1v) is 8.12. The first kappa shape index (κ1) is 18.8. The van der Waals surface area contributed by atoms with E-state index in [1.54, 1.807) is 45.0 Å². The molecule has 2 N–H and O–H groups in total. The predicted molar refractivity (Wildman–Crippen MR) is 96.0 cm³/mol. The summed E-state index contributed by atoms with van der Waals surface area (Å²) in [5.41, 5.74) is 0.248. The molecule has 25 heavy (non-hydrogen) atoms. The number of hydrogen-bond donors (Lipinski definition) is 2. The molecule has 0 aromatic heterocycles. The lowest BCUT2D eigenvalue weighted by molar-refractivity contribution is 0.0490. The minimum Gasteiger partial charge on any atom is -0.508 e. The topological polar surface area (TPSA) is 75.6 Å². The van der Waals surface area contributed by atoms with Crippen molar-refractivity contribution in [2.24, 2.45) is 0 Å². The van der Waals surface area contributed by atoms with Crippen molar-refractivity contribution >= 4 is 23.5 Å². The van der Waals surface area contributed by atoms with Crippen molar-refractivity contribution in [2.75, 3.05) is 0 Å². The average molecular weight is 362 g/mol. The molecule has 0 aliphatic rings. The number of alkyl carbamates (subject to hydrolysis) is 1. The first-order valence-electron chi connectivity index (χ1n) is 7.74. The van der Waals surface area contributed by atoms with Crippen molar-refractivity contribution in [1.82, 2.24) is 5.32 Å². The number of benzene rings is 2. The van der Waals surface area contributed by atoms with Crippen molar-refractivity contribution in [3.63, 3.8) is 0 Å². The number of ether oxygens (including phenoxy) is 1. The van der Waals surface area contributed by atoms with Gasteiger partial charge in [0.15, 0.2) is 5.78 Å². The van der Waals surface area contributed by atoms with E-state index in [1.807, 2.05) is 0 Å². The van der Waals surface area contributed by atoms with Crippen LogP contribution in [0.3, 0.4) is 0 Å². The Morgan fingerprint density at radius 3 is 2.12 bits per heavy atom. The number of amides is 1. The molecule has 0 saturated carbocycles. The number of nitrogens with one attached hydrogen (secondary N) is 1. The van der Waals surface area contributed by atoms with Gasteiger partial charge in [0.05, 0.1) is 0 Å². The van der Waals surface area contributed by atoms with Crippen LogP contribution in [0.4, 0.5) is 4.79 Å². The quantitative estimate of drug-likeness (QED) is 0.786. The molecule has 0 heterocycles. The summed E-state index contributed by atoms with van der Waals surface area (Å²) in [6, 6.07) is 11.5. The summed E-state index contributed by atoms with van der Waals surface area (Å²) in [5, 5.41) is 12.5. The van der Waals surface area contributed by atoms with Gasteiger partial charge in [-0.1, -0.05) is 23.7 Å². The Morgan fingerprint density at radius 2 is 1.60 bits per heavy atom. The van der Waals surface area contributed by atoms with E-state index in [1.165, 1.54) is 24.3 Å². The molecule has 0 fully saturated rings. The summed E-state index contributed by atoms with van der Waals surface area (Å²) in [7, 11) is 0. The molecule has 0 bridgehead atoms. The number of phenolic OH excluding ortho intramolecular Hbond substituents is 1. The van der Waals surface area contributed by atoms with Gasteiger partial charge >= 0.3 is 6.09 Å². The van der Waals surface area contributed by atoms with E-state index in [4.69, 9.17) is 16.3 Å². The minimum atomic E-state index is -0.934. The highest BCUT2D eigenvalue weighted by Gasteiger charge is 2.26. The Labute approximate surface area is 151 Å². The van der Waals surface area contributed by atoms with Gasteiger partial charge < -0.3 is 15.2 Å². The molecule has 2 rings (SSSR count). The number of Topliss-reactive ketones (excluding diaryl/α,β-unsaturated/α-hetero) is 1. The lowest BCUT2D eigenvalue weighted by Gasteiger charge is -2.23. The van der Waals surface area contributed by atoms with Crippen molar-refractivity contribution in [2.45, 2.75) is 32.4 Å². The molecule has 2 aromatic rings. The van der Waals surface area contributed by atoms with Gasteiger partial charge in [0.1, 0.15) is 17.4 Å². The molecule has 1 unspecified atom stereocenters. The molecule has 1 amide bonds. The Hall–Kier alpha value is -2.53. The van der Waals surface area contributed by atoms with E-state index in [-0.39, 0.29) is 11.5 Å². The zero-order chi connectivity index (χ0) is 18.6. The van der Waals surface area contributed by atoms with Crippen LogP contribution in [0.2, 0.25) is 5.02 Å². The number of ketones is 1. The zero-order valence-electron chi connectivity index (χ0n) is 14.2. The number of hydrogen-bond acceptors (Lipinski definition) is 4. The lowest BCUT2D eigenvalue weighted by Crippen LogP contribution is -2.38. The second-order valence-corrected chi connectivity index (χ2v) is 6.98. The summed E-state index contributed by atoms with van der Waals surface area (Å²) in [4.78, 5) is 25.0. The fraction of sp³-hybridized carbons (Fsp3) is 0.263. The smallest absolute Gasteiger partial charge is 0.408 e. The molecule has 1 atom stereocenters. The standard InChI is InChI=1S/C19H20ClNO4/c1-19(2,3)25-18(24)21-16(12-4-8-14(20)9-5-12)17(23)13-6-10-15(22)11-7-13/h4-11,16,22H,1-3H3,(H,21,24). The molecule has 0 aliphatic carbocycles. The maximum atomic E-state index is 12.9. The van der Waals surface area contributed by atoms with Crippen molar-refractivity contribution in [3.05, 3.63) is 64.7 Å². The van der Waals surface area contributed by atoms with Gasteiger partial charge in [-0.3, -0.25) is 4.79 Å². The number of halogens is 1. The lowest BCUT2D eigenvalue weighted by atomic mass is 9.97. The first-order chi connectivity index (χ1) is 11.7. The summed E-state index contributed by atoms with van der Waals surface area (Å²) in [5.74, 6) is -0.270. The van der Waals surface area contributed by atoms with E-state index >= 15 is 0 Å². The SMILES string of the molecule is CC(C)(C)OC(=O)NC(C(=O)c1ccc(O)cc1)c1ccc(Cl)cc1. The van der Waals surface area contributed by atoms with E-state index in [2.05, 4.69) is 5.32 Å². The van der Waals surface area contributed by atoms with Crippen LogP contribution in [0.15, 0.2) is 48.5 Å². The molecule has 0 spiro atoms. The third-order valence-corrected chi connectivity index (χ3v) is 3.53. The second-order valence-electron chi connectivity index (χ2n) is 6.54. The highest BCUT2D eigenvalue weighted by molar-refractivity contribution is 6.30. The van der Waals surface area contributed by atoms with Crippen LogP contribution in [0.25, 0.3) is 0 Å². The third kappa shape index (κ3) is 5.50. The molecule has 0 aliphatic heterocycles. The van der Waals surface area contributed by atoms with Crippen LogP contribution >= 0.6 is 11.6 Å². The zero-order valence-corrected chi connectivity index (χ0v) is 15.0. The predicted octanol–water partition coefficient (Wildman–Crippen LogP) is 4.49. The van der Waals surface area contributed by atoms with Gasteiger partial charge in [0, 0.05) is 10.6 Å². The molecule has 132 valence electrons. The van der Waals surface area contributed by atoms with Crippen LogP contribution in [0, 0.1) is 0 Å². The number of carbonyl (C=O) groups excluding carboxylic acids is 2. The molecule has 2 aromatic carbocycles. The van der Waals surface area contributed by atoms with E-state index < -0.39 is 17.7 Å². The number of rotatable bonds is 4. The van der Waals surface area contributed by atoms with Gasteiger partial charge in [-0.2, -0.15) is 0 Å². The molecular formula is C19H20ClNO4. The maximum Gasteiger partial charge on any atom is 0.408 e. The molecular weight excluding hydrogens is 342 g/mol. The molecule has 5 nitrogen and oxygen atoms in total. The number of aromatic hydroxyl groups is 1. The Kier molecular flexibility index (Phi) is 5.69. The highest BCUT2D eigenvalue weighted by atomic mass is 35.5. The van der Waals surface area contributed by atoms with Crippen LogP contribution in [0.5, 0.6) is 5.75 Å². The monoisotopic (exact) mass is 361 g/mol. The number of carbonyl (C=O) groups is 2. The number of phenols is 1. The van der Waals surface area contributed by atoms with Crippen LogP contribution in [-0.2, 0) is 4.74 Å². The highest BCUT2D eigenvalue weighted by Crippen LogP contribution is 2.22. The Morgan fingerprint density at radius 1 is 1.04 bits per heavy atom. The fourth-order valence-electron chi connectivity index (χ4n) is 2.17. The minimum absolute atomic E-state index is 0.0553. The van der Waals surface area contributed by atoms with Crippen LogP contribution in [-0.4, -0.2) is 22.6 Å². The fourth-order valence-corrected chi connectivity index (χ4v) is 2.30. The van der Waals surface area contributed by atoms with E-state index in [9.17, 15) is 14.7 Å². The normalized spacial score (nSPS) is 12.3. The summed E-state index contributed by atoms with van der Waals surface area (Å²) in [6.07, 6.45) is -0.695. The van der Waals surface area contributed by atoms with E-state index in [0.717, 1.165) is 0 Å². The molecule has 0 radical (unpaired) electrons. The molecule has 0 saturated heterocycles. The summed E-state index contributed by atoms with van der Waals surface area (Å²) < 4.78 is 5.25. The third-order valence-electron chi connectivity index (χ3n) is 3.28. The Balaban J connectivity index is 2.31. The van der Waals surface area contributed by atoms with Crippen molar-refractivity contribution < 1.29 is 19.4 Å². The van der Waals surface area contributed by atoms with Gasteiger partial charge in [-0.15, -0.1) is 0 Å². The van der Waals surface area contributed by atoms with Gasteiger partial charge in [0.2, 0.25) is 0 Å². The van der Waals surface area contributed by atoms with Gasteiger partial charge in [0.25, 0.3) is 0 Å². The average Bonchev–Trinajstić information content (AvgIpc) is 2.52. The van der Waals surface area contributed by atoms with Gasteiger partial charge in [-0.05, 0) is 62.7 Å².